The fourth-order valence-corrected chi connectivity index (χ4v) is 5.82. The smallest absolute Gasteiger partial charge is 0.306 e. The maximum absolute atomic E-state index is 12.7. The number of hydrogen-bond acceptors (Lipinski definition) is 6. The van der Waals surface area contributed by atoms with Crippen LogP contribution >= 0.6 is 0 Å². The van der Waals surface area contributed by atoms with Crippen LogP contribution in [0, 0.1) is 0 Å². The van der Waals surface area contributed by atoms with Crippen LogP contribution in [0.25, 0.3) is 0 Å². The average Bonchev–Trinajstić information content (AvgIpc) is 3.23. The van der Waals surface area contributed by atoms with Crippen LogP contribution < -0.4 is 0 Å². The van der Waals surface area contributed by atoms with Crippen LogP contribution in [0.5, 0.6) is 0 Å². The molecule has 0 spiro atoms. The maximum atomic E-state index is 12.7. The minimum atomic E-state index is -0.819. The fraction of sp³-hybridized carbons (Fsp3) is 0.604. The minimum absolute atomic E-state index is 0.120. The molecule has 0 amide bonds. The standard InChI is InChI=1S/C53H84O6/c1-4-7-10-13-16-19-21-23-25-26-28-29-31-34-37-40-43-46-52(55)58-49-50(48-57-51(54)45-42-39-36-33-18-15-12-9-6-3)59-53(56)47-44-41-38-35-32-30-27-24-22-20-17-14-11-8-5-2/h8-9,11-12,14,16-20,22-23,25,28-29,33-34,37,50H,4-7,10,13,15,21,24,26-27,30-32,35-36,38-49H2,1-3H3/b11-8-,12-9-,17-14-,19-16-,22-20-,25-23-,29-28-,33-18-,37-34-. The number of carbonyl (C=O) groups excluding carboxylic acids is 3. The first-order chi connectivity index (χ1) is 29.0. The summed E-state index contributed by atoms with van der Waals surface area (Å²) in [6.07, 6.45) is 62.3. The van der Waals surface area contributed by atoms with Crippen molar-refractivity contribution in [2.75, 3.05) is 13.2 Å². The summed E-state index contributed by atoms with van der Waals surface area (Å²) in [6, 6.07) is 0. The second-order valence-corrected chi connectivity index (χ2v) is 15.0. The summed E-state index contributed by atoms with van der Waals surface area (Å²) < 4.78 is 16.6. The van der Waals surface area contributed by atoms with Crippen LogP contribution in [0.15, 0.2) is 109 Å². The van der Waals surface area contributed by atoms with Crippen molar-refractivity contribution in [3.63, 3.8) is 0 Å². The Kier molecular flexibility index (Phi) is 43.6. The zero-order chi connectivity index (χ0) is 43.0. The van der Waals surface area contributed by atoms with Gasteiger partial charge in [0.15, 0.2) is 6.10 Å². The van der Waals surface area contributed by atoms with Gasteiger partial charge < -0.3 is 14.2 Å². The predicted molar refractivity (Wildman–Crippen MR) is 251 cm³/mol. The Morgan fingerprint density at radius 3 is 1.32 bits per heavy atom. The van der Waals surface area contributed by atoms with Crippen LogP contribution in [-0.4, -0.2) is 37.2 Å². The third-order valence-corrected chi connectivity index (χ3v) is 9.30. The molecule has 0 aromatic heterocycles. The highest BCUT2D eigenvalue weighted by Crippen LogP contribution is 2.12. The third kappa shape index (κ3) is 45.0. The van der Waals surface area contributed by atoms with Crippen molar-refractivity contribution >= 4 is 17.9 Å². The molecule has 0 N–H and O–H groups in total. The Morgan fingerprint density at radius 1 is 0.373 bits per heavy atom. The van der Waals surface area contributed by atoms with E-state index in [-0.39, 0.29) is 37.5 Å². The van der Waals surface area contributed by atoms with Gasteiger partial charge >= 0.3 is 17.9 Å². The lowest BCUT2D eigenvalue weighted by molar-refractivity contribution is -0.167. The molecule has 0 heterocycles. The van der Waals surface area contributed by atoms with Gasteiger partial charge in [-0.3, -0.25) is 14.4 Å². The molecular weight excluding hydrogens is 733 g/mol. The number of unbranched alkanes of at least 4 members (excludes halogenated alkanes) is 13. The van der Waals surface area contributed by atoms with Crippen LogP contribution in [-0.2, 0) is 28.6 Å². The Balaban J connectivity index is 4.50. The summed E-state index contributed by atoms with van der Waals surface area (Å²) in [4.78, 5) is 37.7. The fourth-order valence-electron chi connectivity index (χ4n) is 5.82. The van der Waals surface area contributed by atoms with Crippen molar-refractivity contribution in [2.24, 2.45) is 0 Å². The van der Waals surface area contributed by atoms with Gasteiger partial charge in [0.2, 0.25) is 0 Å². The molecule has 0 radical (unpaired) electrons. The van der Waals surface area contributed by atoms with Crippen molar-refractivity contribution in [3.8, 4) is 0 Å². The average molecular weight is 817 g/mol. The molecule has 332 valence electrons. The molecule has 0 saturated carbocycles. The van der Waals surface area contributed by atoms with E-state index in [1.54, 1.807) is 0 Å². The van der Waals surface area contributed by atoms with Crippen LogP contribution in [0.1, 0.15) is 188 Å². The van der Waals surface area contributed by atoms with Crippen molar-refractivity contribution in [1.82, 2.24) is 0 Å². The number of hydrogen-bond donors (Lipinski definition) is 0. The molecule has 1 unspecified atom stereocenters. The van der Waals surface area contributed by atoms with Gasteiger partial charge in [0.1, 0.15) is 13.2 Å². The third-order valence-electron chi connectivity index (χ3n) is 9.30. The van der Waals surface area contributed by atoms with Crippen LogP contribution in [0.3, 0.4) is 0 Å². The number of allylic oxidation sites excluding steroid dienone is 18. The zero-order valence-corrected chi connectivity index (χ0v) is 37.7. The highest BCUT2D eigenvalue weighted by molar-refractivity contribution is 5.71. The molecule has 0 aliphatic heterocycles. The lowest BCUT2D eigenvalue weighted by Crippen LogP contribution is -2.30. The number of rotatable bonds is 40. The summed E-state index contributed by atoms with van der Waals surface area (Å²) in [5.74, 6) is -1.03. The van der Waals surface area contributed by atoms with Crippen LogP contribution in [0.2, 0.25) is 0 Å². The quantitative estimate of drug-likeness (QED) is 0.0201. The Labute approximate surface area is 361 Å². The zero-order valence-electron chi connectivity index (χ0n) is 37.7. The van der Waals surface area contributed by atoms with Gasteiger partial charge in [0, 0.05) is 19.3 Å². The summed E-state index contributed by atoms with van der Waals surface area (Å²) >= 11 is 0. The van der Waals surface area contributed by atoms with Crippen molar-refractivity contribution in [3.05, 3.63) is 109 Å². The monoisotopic (exact) mass is 817 g/mol. The number of ether oxygens (including phenoxy) is 3. The normalized spacial score (nSPS) is 13.1. The first-order valence-corrected chi connectivity index (χ1v) is 23.4. The molecule has 6 heteroatoms. The van der Waals surface area contributed by atoms with E-state index >= 15 is 0 Å². The Bertz CT molecular complexity index is 1260. The van der Waals surface area contributed by atoms with Gasteiger partial charge in [0.05, 0.1) is 0 Å². The molecule has 0 rings (SSSR count). The first-order valence-electron chi connectivity index (χ1n) is 23.4. The SMILES string of the molecule is CC\C=C/C=C\C=C/CCCCCCCCCC(=O)OC(COC(=O)CCC/C=C\C/C=C\C/C=C\C/C=C\CCCCC)COC(=O)CCCC/C=C\C/C=C\CC. The predicted octanol–water partition coefficient (Wildman–Crippen LogP) is 15.2. The van der Waals surface area contributed by atoms with E-state index in [2.05, 4.69) is 130 Å². The lowest BCUT2D eigenvalue weighted by Gasteiger charge is -2.18. The maximum Gasteiger partial charge on any atom is 0.306 e. The van der Waals surface area contributed by atoms with Crippen molar-refractivity contribution < 1.29 is 28.6 Å². The van der Waals surface area contributed by atoms with E-state index in [1.165, 1.54) is 44.9 Å². The van der Waals surface area contributed by atoms with Crippen molar-refractivity contribution in [2.45, 2.75) is 194 Å². The van der Waals surface area contributed by atoms with Gasteiger partial charge in [-0.25, -0.2) is 0 Å². The molecule has 0 aromatic rings. The molecule has 0 bridgehead atoms. The topological polar surface area (TPSA) is 78.9 Å². The molecule has 0 aromatic carbocycles. The molecule has 0 fully saturated rings. The summed E-state index contributed by atoms with van der Waals surface area (Å²) in [5.41, 5.74) is 0. The van der Waals surface area contributed by atoms with Gasteiger partial charge in [0.25, 0.3) is 0 Å². The molecule has 0 aliphatic rings. The molecular formula is C53H84O6. The molecule has 0 aliphatic carbocycles. The van der Waals surface area contributed by atoms with E-state index in [1.807, 2.05) is 0 Å². The van der Waals surface area contributed by atoms with Gasteiger partial charge in [-0.2, -0.15) is 0 Å². The van der Waals surface area contributed by atoms with E-state index in [9.17, 15) is 14.4 Å². The van der Waals surface area contributed by atoms with Crippen LogP contribution in [0.4, 0.5) is 0 Å². The first kappa shape index (κ1) is 55.1. The summed E-state index contributed by atoms with van der Waals surface area (Å²) in [7, 11) is 0. The second-order valence-electron chi connectivity index (χ2n) is 15.0. The Morgan fingerprint density at radius 2 is 0.763 bits per heavy atom. The lowest BCUT2D eigenvalue weighted by atomic mass is 10.1. The van der Waals surface area contributed by atoms with Gasteiger partial charge in [-0.15, -0.1) is 0 Å². The molecule has 1 atom stereocenters. The number of esters is 3. The molecule has 0 saturated heterocycles. The molecule has 6 nitrogen and oxygen atoms in total. The summed E-state index contributed by atoms with van der Waals surface area (Å²) in [6.45, 7) is 6.23. The van der Waals surface area contributed by atoms with Gasteiger partial charge in [-0.05, 0) is 103 Å². The Hall–Kier alpha value is -3.93. The van der Waals surface area contributed by atoms with Gasteiger partial charge in [-0.1, -0.05) is 175 Å². The highest BCUT2D eigenvalue weighted by Gasteiger charge is 2.19. The molecule has 59 heavy (non-hydrogen) atoms. The summed E-state index contributed by atoms with van der Waals surface area (Å²) in [5, 5.41) is 0. The minimum Gasteiger partial charge on any atom is -0.462 e. The largest absolute Gasteiger partial charge is 0.462 e. The van der Waals surface area contributed by atoms with E-state index < -0.39 is 6.10 Å². The van der Waals surface area contributed by atoms with E-state index in [0.717, 1.165) is 96.3 Å². The van der Waals surface area contributed by atoms with E-state index in [4.69, 9.17) is 14.2 Å². The second kappa shape index (κ2) is 46.8. The van der Waals surface area contributed by atoms with E-state index in [0.29, 0.717) is 19.3 Å². The highest BCUT2D eigenvalue weighted by atomic mass is 16.6. The van der Waals surface area contributed by atoms with Crippen molar-refractivity contribution in [1.29, 1.82) is 0 Å². The number of carbonyl (C=O) groups is 3.